The molecule has 0 saturated heterocycles. The molecule has 0 atom stereocenters. The lowest BCUT2D eigenvalue weighted by atomic mass is 10.0. The van der Waals surface area contributed by atoms with E-state index in [2.05, 4.69) is 66.4 Å². The van der Waals surface area contributed by atoms with Crippen molar-refractivity contribution in [3.8, 4) is 6.07 Å². The van der Waals surface area contributed by atoms with Crippen LogP contribution in [0.15, 0.2) is 165 Å². The normalized spacial score (nSPS) is 10.4. The van der Waals surface area contributed by atoms with Crippen LogP contribution in [0.5, 0.6) is 0 Å². The number of nitrogens with two attached hydrogens (primary N) is 5. The highest BCUT2D eigenvalue weighted by atomic mass is 16.4. The number of fused-ring (bicyclic) bond motifs is 3. The molecule has 9 aromatic heterocycles. The standard InChI is InChI=1S/C25H24N6O2.C25H22N6O.C17H11N3O2.C8H13N3.2CH4/c1-14-7-23(26)31-15(2)21(14)13-30-25(33)17-5-6-28-20(11-17)9-16-3-4-22-18(8-16)10-19(12-29-22)24(27)32;1-15-8-24(26)31-16(2)22(15)14-30-25(32)18-6-7-28-20(11-18)10-17-4-5-23-19(9-17)12-21(27-3)13-29-23;18-9-12-6-14-5-11(1-2-16(14)20-10-12)7-15-8-13(17(21)22)3-4-19-15;1-5-3-8(10)11-6(2)7(5)4-9;;/h3-8,10-12H,9,13H2,1-2H3,(H2,26,31)(H2,27,32)(H,30,33);4-9,11-13H,10,14H2,1-2H3,(H2,26,31)(H,30,32);1-6,8,10H,7H2,(H,21,22);3H,4,9H2,1-2H3,(H2,10,11);2*1H4. The van der Waals surface area contributed by atoms with Gasteiger partial charge in [0.05, 0.1) is 39.8 Å². The number of nitrogen functional groups attached to an aromatic ring is 3. The SMILES string of the molecule is C.C.Cc1cc(N)nc(C)c1CN.Cc1cc(N)nc(C)c1CNC(=O)c1ccnc(Cc2ccc3ncc(C(N)=O)cc3c2)c1.N#Cc1cnc2ccc(Cc3cc(C(=O)O)ccn3)cc2c1.[C-]#[N+]c1cnc2ccc(Cc3cc(C(=O)NCc4c(C)cc(N)nc4C)ccn3)cc2c1. The van der Waals surface area contributed by atoms with Gasteiger partial charge >= 0.3 is 5.97 Å². The van der Waals surface area contributed by atoms with Gasteiger partial charge in [-0.1, -0.05) is 39.1 Å². The highest BCUT2D eigenvalue weighted by Crippen LogP contribution is 2.24. The molecule has 23 heteroatoms. The monoisotopic (exact) mass is 1330 g/mol. The van der Waals surface area contributed by atoms with E-state index >= 15 is 0 Å². The molecule has 100 heavy (non-hydrogen) atoms. The second-order valence-electron chi connectivity index (χ2n) is 23.1. The van der Waals surface area contributed by atoms with Crippen molar-refractivity contribution in [2.45, 2.75) is 95.3 Å². The zero-order valence-electron chi connectivity index (χ0n) is 54.7. The summed E-state index contributed by atoms with van der Waals surface area (Å²) >= 11 is 0. The molecule has 0 bridgehead atoms. The second-order valence-corrected chi connectivity index (χ2v) is 23.1. The molecule has 0 fully saturated rings. The molecule has 12 aromatic rings. The molecule has 506 valence electrons. The van der Waals surface area contributed by atoms with Crippen molar-refractivity contribution in [2.24, 2.45) is 11.5 Å². The van der Waals surface area contributed by atoms with Gasteiger partial charge in [0, 0.05) is 132 Å². The van der Waals surface area contributed by atoms with Gasteiger partial charge in [-0.05, 0) is 200 Å². The maximum atomic E-state index is 12.8. The molecule has 0 radical (unpaired) electrons. The van der Waals surface area contributed by atoms with E-state index in [9.17, 15) is 19.2 Å². The first-order valence-corrected chi connectivity index (χ1v) is 30.8. The van der Waals surface area contributed by atoms with Crippen molar-refractivity contribution >= 4 is 79.5 Å². The van der Waals surface area contributed by atoms with Crippen molar-refractivity contribution in [2.75, 3.05) is 17.2 Å². The van der Waals surface area contributed by atoms with Crippen LogP contribution in [-0.2, 0) is 38.9 Å². The predicted molar refractivity (Wildman–Crippen MR) is 391 cm³/mol. The fourth-order valence-electron chi connectivity index (χ4n) is 10.9. The Kier molecular flexibility index (Phi) is 25.4. The van der Waals surface area contributed by atoms with Crippen molar-refractivity contribution in [1.29, 1.82) is 5.26 Å². The number of hydrogen-bond acceptors (Lipinski definition) is 18. The smallest absolute Gasteiger partial charge is 0.335 e. The fraction of sp³-hybridized carbons (Fsp3) is 0.182. The van der Waals surface area contributed by atoms with Crippen LogP contribution < -0.4 is 39.3 Å². The van der Waals surface area contributed by atoms with E-state index in [4.69, 9.17) is 45.6 Å². The predicted octanol–water partition coefficient (Wildman–Crippen LogP) is 11.9. The van der Waals surface area contributed by atoms with E-state index in [0.717, 1.165) is 111 Å². The van der Waals surface area contributed by atoms with Gasteiger partial charge in [-0.25, -0.2) is 24.6 Å². The number of amides is 3. The first kappa shape index (κ1) is 74.4. The number of benzene rings is 3. The number of primary amides is 1. The van der Waals surface area contributed by atoms with Crippen LogP contribution in [-0.4, -0.2) is 73.7 Å². The van der Waals surface area contributed by atoms with Gasteiger partial charge in [0.15, 0.2) is 0 Å². The van der Waals surface area contributed by atoms with Crippen molar-refractivity contribution in [1.82, 2.24) is 55.5 Å². The van der Waals surface area contributed by atoms with E-state index in [1.807, 2.05) is 108 Å². The number of carbonyl (C=O) groups is 4. The Labute approximate surface area is 579 Å². The van der Waals surface area contributed by atoms with Crippen LogP contribution in [0.1, 0.15) is 146 Å². The highest BCUT2D eigenvalue weighted by molar-refractivity contribution is 5.97. The molecule has 0 spiro atoms. The molecule has 9 heterocycles. The molecule has 0 aliphatic heterocycles. The molecule has 12 rings (SSSR count). The summed E-state index contributed by atoms with van der Waals surface area (Å²) in [6.45, 7) is 20.0. The van der Waals surface area contributed by atoms with Crippen molar-refractivity contribution in [3.05, 3.63) is 288 Å². The summed E-state index contributed by atoms with van der Waals surface area (Å²) in [5.74, 6) is -0.341. The molecule has 0 saturated carbocycles. The van der Waals surface area contributed by atoms with Crippen LogP contribution in [0.4, 0.5) is 23.1 Å². The first-order chi connectivity index (χ1) is 47.0. The van der Waals surface area contributed by atoms with E-state index in [-0.39, 0.29) is 32.2 Å². The Bertz CT molecular complexity index is 5050. The number of aromatic nitrogens is 9. The third-order valence-electron chi connectivity index (χ3n) is 15.9. The summed E-state index contributed by atoms with van der Waals surface area (Å²) in [6.07, 6.45) is 11.0. The highest BCUT2D eigenvalue weighted by Gasteiger charge is 2.15. The number of aryl methyl sites for hydroxylation is 6. The van der Waals surface area contributed by atoms with Gasteiger partial charge in [0.1, 0.15) is 23.5 Å². The van der Waals surface area contributed by atoms with Crippen molar-refractivity contribution in [3.63, 3.8) is 0 Å². The summed E-state index contributed by atoms with van der Waals surface area (Å²) < 4.78 is 0. The number of aromatic carboxylic acids is 1. The number of nitrogens with zero attached hydrogens (tertiary/aromatic N) is 11. The minimum absolute atomic E-state index is 0. The Morgan fingerprint density at radius 1 is 0.490 bits per heavy atom. The van der Waals surface area contributed by atoms with Gasteiger partial charge < -0.3 is 44.4 Å². The Morgan fingerprint density at radius 2 is 0.880 bits per heavy atom. The van der Waals surface area contributed by atoms with Crippen LogP contribution in [0.25, 0.3) is 37.6 Å². The van der Waals surface area contributed by atoms with Gasteiger partial charge in [0.25, 0.3) is 11.8 Å². The number of anilines is 3. The summed E-state index contributed by atoms with van der Waals surface area (Å²) in [5.41, 5.74) is 46.9. The zero-order valence-corrected chi connectivity index (χ0v) is 54.7. The topological polar surface area (TPSA) is 387 Å². The number of pyridine rings is 9. The molecular weight excluding hydrogens is 1260 g/mol. The van der Waals surface area contributed by atoms with E-state index < -0.39 is 11.9 Å². The molecule has 0 aliphatic carbocycles. The van der Waals surface area contributed by atoms with Gasteiger partial charge in [0.2, 0.25) is 11.6 Å². The zero-order chi connectivity index (χ0) is 70.2. The largest absolute Gasteiger partial charge is 0.478 e. The third kappa shape index (κ3) is 19.6. The number of nitriles is 1. The van der Waals surface area contributed by atoms with Gasteiger partial charge in [-0.15, -0.1) is 0 Å². The third-order valence-corrected chi connectivity index (χ3v) is 15.9. The van der Waals surface area contributed by atoms with Gasteiger partial charge in [-0.3, -0.25) is 44.3 Å². The molecule has 13 N–H and O–H groups in total. The quantitative estimate of drug-likeness (QED) is 0.0442. The Morgan fingerprint density at radius 3 is 1.28 bits per heavy atom. The summed E-state index contributed by atoms with van der Waals surface area (Å²) in [5, 5.41) is 26.5. The Balaban J connectivity index is 0.000000197. The lowest BCUT2D eigenvalue weighted by Crippen LogP contribution is -2.24. The second kappa shape index (κ2) is 34.1. The lowest BCUT2D eigenvalue weighted by molar-refractivity contribution is 0.0695. The number of carbonyl (C=O) groups excluding carboxylic acids is 3. The van der Waals surface area contributed by atoms with Crippen LogP contribution in [0.2, 0.25) is 0 Å². The minimum Gasteiger partial charge on any atom is -0.478 e. The lowest BCUT2D eigenvalue weighted by Gasteiger charge is -2.12. The molecular formula is C77H78N18O5. The fourth-order valence-corrected chi connectivity index (χ4v) is 10.9. The number of rotatable bonds is 15. The average Bonchev–Trinajstić information content (AvgIpc) is 0.839. The molecule has 3 amide bonds. The van der Waals surface area contributed by atoms with E-state index in [1.54, 1.807) is 79.4 Å². The molecule has 23 nitrogen and oxygen atoms in total. The van der Waals surface area contributed by atoms with Crippen LogP contribution >= 0.6 is 0 Å². The number of nitrogens with one attached hydrogen (secondary N) is 2. The maximum Gasteiger partial charge on any atom is 0.335 e. The van der Waals surface area contributed by atoms with E-state index in [1.165, 1.54) is 18.5 Å². The van der Waals surface area contributed by atoms with Crippen LogP contribution in [0, 0.1) is 59.4 Å². The van der Waals surface area contributed by atoms with E-state index in [0.29, 0.717) is 90.0 Å². The number of hydrogen-bond donors (Lipinski definition) is 8. The summed E-state index contributed by atoms with van der Waals surface area (Å²) in [4.78, 5) is 89.8. The Hall–Kier alpha value is -13.0. The first-order valence-electron chi connectivity index (χ1n) is 30.8. The van der Waals surface area contributed by atoms with Gasteiger partial charge in [-0.2, -0.15) is 5.26 Å². The number of carboxylic acid groups (broad SMARTS) is 1. The average molecular weight is 1340 g/mol. The summed E-state index contributed by atoms with van der Waals surface area (Å²) in [7, 11) is 0. The molecule has 0 unspecified atom stereocenters. The molecule has 0 aliphatic rings. The maximum absolute atomic E-state index is 12.8. The van der Waals surface area contributed by atoms with Crippen molar-refractivity contribution < 1.29 is 24.3 Å². The number of carboxylic acids is 1. The summed E-state index contributed by atoms with van der Waals surface area (Å²) in [6, 6.07) is 40.3. The van der Waals surface area contributed by atoms with Crippen LogP contribution in [0.3, 0.4) is 0 Å². The molecule has 3 aromatic carbocycles. The minimum atomic E-state index is -0.968.